The number of hydrogen-bond donors (Lipinski definition) is 0. The first kappa shape index (κ1) is 29.4. The molecule has 0 spiro atoms. The normalized spacial score (nSPS) is 28.6. The minimum absolute atomic E-state index is 0.000767. The van der Waals surface area contributed by atoms with E-state index in [1.165, 1.54) is 94.7 Å². The number of rotatable bonds is 11. The highest BCUT2D eigenvalue weighted by Crippen LogP contribution is 2.46. The summed E-state index contributed by atoms with van der Waals surface area (Å²) in [4.78, 5) is 0. The lowest BCUT2D eigenvalue weighted by atomic mass is 9.64. The highest BCUT2D eigenvalue weighted by molar-refractivity contribution is 5.35. The molecule has 2 aromatic carbocycles. The predicted molar refractivity (Wildman–Crippen MR) is 159 cm³/mol. The molecule has 2 aromatic rings. The maximum absolute atomic E-state index is 14.4. The zero-order chi connectivity index (χ0) is 27.9. The summed E-state index contributed by atoms with van der Waals surface area (Å²) in [6.45, 7) is 4.84. The number of aryl methyl sites for hydroxylation is 1. The second-order valence-electron chi connectivity index (χ2n) is 13.1. The molecule has 0 N–H and O–H groups in total. The lowest BCUT2D eigenvalue weighted by molar-refractivity contribution is 0.0741. The van der Waals surface area contributed by atoms with Gasteiger partial charge in [0.1, 0.15) is 0 Å². The zero-order valence-corrected chi connectivity index (χ0v) is 24.8. The summed E-state index contributed by atoms with van der Waals surface area (Å²) in [6.07, 6.45) is 18.3. The zero-order valence-electron chi connectivity index (χ0n) is 24.8. The molecule has 3 aliphatic rings. The van der Waals surface area contributed by atoms with Crippen LogP contribution in [0.25, 0.3) is 0 Å². The van der Waals surface area contributed by atoms with Gasteiger partial charge in [0.15, 0.2) is 11.5 Å². The minimum Gasteiger partial charge on any atom is -0.491 e. The molecule has 0 heterocycles. The Hall–Kier alpha value is -2.10. The van der Waals surface area contributed by atoms with Crippen molar-refractivity contribution in [2.24, 2.45) is 29.6 Å². The van der Waals surface area contributed by atoms with Gasteiger partial charge in [0.25, 0.3) is 0 Å². The molecule has 0 aliphatic heterocycles. The van der Waals surface area contributed by atoms with Gasteiger partial charge in [-0.2, -0.15) is 8.78 Å². The fourth-order valence-electron chi connectivity index (χ4n) is 8.12. The van der Waals surface area contributed by atoms with Crippen LogP contribution in [0.2, 0.25) is 0 Å². The van der Waals surface area contributed by atoms with Gasteiger partial charge in [0.2, 0.25) is 11.6 Å². The maximum Gasteiger partial charge on any atom is 0.204 e. The van der Waals surface area contributed by atoms with Gasteiger partial charge in [0.05, 0.1) is 13.2 Å². The van der Waals surface area contributed by atoms with Crippen molar-refractivity contribution in [3.05, 3.63) is 59.2 Å². The van der Waals surface area contributed by atoms with Crippen LogP contribution in [-0.4, -0.2) is 13.2 Å². The molecule has 0 saturated heterocycles. The van der Waals surface area contributed by atoms with Crippen molar-refractivity contribution in [1.82, 2.24) is 0 Å². The number of benzene rings is 2. The van der Waals surface area contributed by atoms with Gasteiger partial charge in [0, 0.05) is 0 Å². The second kappa shape index (κ2) is 14.2. The van der Waals surface area contributed by atoms with E-state index in [-0.39, 0.29) is 11.5 Å². The van der Waals surface area contributed by atoms with Crippen molar-refractivity contribution in [3.8, 4) is 11.5 Å². The van der Waals surface area contributed by atoms with Gasteiger partial charge < -0.3 is 9.47 Å². The number of halogens is 2. The van der Waals surface area contributed by atoms with Gasteiger partial charge >= 0.3 is 0 Å². The van der Waals surface area contributed by atoms with E-state index in [1.807, 2.05) is 0 Å². The van der Waals surface area contributed by atoms with Crippen molar-refractivity contribution in [2.75, 3.05) is 13.2 Å². The monoisotopic (exact) mass is 552 g/mol. The van der Waals surface area contributed by atoms with Crippen molar-refractivity contribution in [3.63, 3.8) is 0 Å². The third-order valence-corrected chi connectivity index (χ3v) is 10.5. The molecular formula is C36H50F2O2. The summed E-state index contributed by atoms with van der Waals surface area (Å²) >= 11 is 0. The largest absolute Gasteiger partial charge is 0.491 e. The molecule has 3 saturated carbocycles. The summed E-state index contributed by atoms with van der Waals surface area (Å²) in [7, 11) is 0. The Kier molecular flexibility index (Phi) is 10.4. The van der Waals surface area contributed by atoms with Crippen molar-refractivity contribution in [2.45, 2.75) is 110 Å². The lowest BCUT2D eigenvalue weighted by Crippen LogP contribution is -2.33. The quantitative estimate of drug-likeness (QED) is 0.276. The van der Waals surface area contributed by atoms with Crippen LogP contribution in [0.5, 0.6) is 11.5 Å². The molecule has 5 rings (SSSR count). The highest BCUT2D eigenvalue weighted by atomic mass is 19.2. The molecule has 4 unspecified atom stereocenters. The van der Waals surface area contributed by atoms with Crippen LogP contribution < -0.4 is 9.47 Å². The van der Waals surface area contributed by atoms with E-state index in [9.17, 15) is 8.78 Å². The van der Waals surface area contributed by atoms with E-state index in [0.29, 0.717) is 19.1 Å². The van der Waals surface area contributed by atoms with Gasteiger partial charge in [-0.1, -0.05) is 50.5 Å². The first-order chi connectivity index (χ1) is 19.5. The van der Waals surface area contributed by atoms with Gasteiger partial charge in [-0.25, -0.2) is 0 Å². The van der Waals surface area contributed by atoms with Gasteiger partial charge in [-0.15, -0.1) is 0 Å². The minimum atomic E-state index is -0.956. The first-order valence-corrected chi connectivity index (χ1v) is 16.4. The summed E-state index contributed by atoms with van der Waals surface area (Å²) in [6, 6.07) is 12.6. The van der Waals surface area contributed by atoms with Crippen LogP contribution in [0.4, 0.5) is 8.78 Å². The highest BCUT2D eigenvalue weighted by Gasteiger charge is 2.35. The fourth-order valence-corrected chi connectivity index (χ4v) is 8.12. The molecule has 4 atom stereocenters. The van der Waals surface area contributed by atoms with E-state index in [2.05, 4.69) is 31.2 Å². The molecule has 220 valence electrons. The van der Waals surface area contributed by atoms with Crippen molar-refractivity contribution in [1.29, 1.82) is 0 Å². The van der Waals surface area contributed by atoms with Crippen molar-refractivity contribution < 1.29 is 18.3 Å². The SMILES string of the molecule is CCCC1CCC(c2ccc(CCC3CCC4CC(COc5ccc(OCC)c(F)c5F)CCC4C3)cc2)CC1. The molecule has 0 bridgehead atoms. The molecule has 40 heavy (non-hydrogen) atoms. The average molecular weight is 553 g/mol. The van der Waals surface area contributed by atoms with Crippen LogP contribution >= 0.6 is 0 Å². The predicted octanol–water partition coefficient (Wildman–Crippen LogP) is 10.3. The smallest absolute Gasteiger partial charge is 0.204 e. The standard InChI is InChI=1S/C36H50F2O2/c1-3-5-25-8-14-29(15-9-25)30-16-10-26(11-17-30)6-7-27-12-18-32-23-28(13-19-31(32)22-27)24-40-34-21-20-33(39-4-2)35(37)36(34)38/h10-11,16-17,20-21,25,27-29,31-32H,3-9,12-15,18-19,22-24H2,1-2H3. The van der Waals surface area contributed by atoms with Crippen LogP contribution in [0, 0.1) is 41.2 Å². The molecule has 3 aliphatic carbocycles. The van der Waals surface area contributed by atoms with Gasteiger partial charge in [-0.05, 0) is 136 Å². The summed E-state index contributed by atoms with van der Waals surface area (Å²) in [5, 5.41) is 0. The Labute approximate surface area is 241 Å². The molecule has 0 aromatic heterocycles. The molecule has 3 fully saturated rings. The third-order valence-electron chi connectivity index (χ3n) is 10.5. The van der Waals surface area contributed by atoms with E-state index >= 15 is 0 Å². The Bertz CT molecular complexity index is 1060. The third kappa shape index (κ3) is 7.39. The van der Waals surface area contributed by atoms with Crippen LogP contribution in [0.1, 0.15) is 114 Å². The molecule has 0 amide bonds. The summed E-state index contributed by atoms with van der Waals surface area (Å²) in [5.41, 5.74) is 3.07. The Balaban J connectivity index is 1.03. The lowest BCUT2D eigenvalue weighted by Gasteiger charge is -2.42. The molecule has 4 heteroatoms. The number of ether oxygens (including phenoxy) is 2. The Morgan fingerprint density at radius 2 is 1.25 bits per heavy atom. The van der Waals surface area contributed by atoms with Crippen LogP contribution in [0.15, 0.2) is 36.4 Å². The van der Waals surface area contributed by atoms with Crippen LogP contribution in [-0.2, 0) is 6.42 Å². The first-order valence-electron chi connectivity index (χ1n) is 16.4. The Morgan fingerprint density at radius 1 is 0.650 bits per heavy atom. The second-order valence-corrected chi connectivity index (χ2v) is 13.1. The van der Waals surface area contributed by atoms with E-state index < -0.39 is 11.6 Å². The molecule has 2 nitrogen and oxygen atoms in total. The number of fused-ring (bicyclic) bond motifs is 1. The number of hydrogen-bond acceptors (Lipinski definition) is 2. The van der Waals surface area contributed by atoms with Gasteiger partial charge in [-0.3, -0.25) is 0 Å². The maximum atomic E-state index is 14.4. The van der Waals surface area contributed by atoms with Crippen molar-refractivity contribution >= 4 is 0 Å². The van der Waals surface area contributed by atoms with Crippen LogP contribution in [0.3, 0.4) is 0 Å². The topological polar surface area (TPSA) is 18.5 Å². The van der Waals surface area contributed by atoms with E-state index in [0.717, 1.165) is 42.4 Å². The fraction of sp³-hybridized carbons (Fsp3) is 0.667. The van der Waals surface area contributed by atoms with E-state index in [1.54, 1.807) is 12.5 Å². The molecule has 0 radical (unpaired) electrons. The van der Waals surface area contributed by atoms with E-state index in [4.69, 9.17) is 9.47 Å². The summed E-state index contributed by atoms with van der Waals surface area (Å²) in [5.74, 6) is 2.63. The summed E-state index contributed by atoms with van der Waals surface area (Å²) < 4.78 is 39.5. The average Bonchev–Trinajstić information content (AvgIpc) is 2.99. The Morgan fingerprint density at radius 3 is 1.90 bits per heavy atom. The molecular weight excluding hydrogens is 502 g/mol.